The van der Waals surface area contributed by atoms with E-state index in [0.29, 0.717) is 6.10 Å². The Morgan fingerprint density at radius 1 is 0.689 bits per heavy atom. The summed E-state index contributed by atoms with van der Waals surface area (Å²) >= 11 is 0. The molecule has 45 heavy (non-hydrogen) atoms. The summed E-state index contributed by atoms with van der Waals surface area (Å²) in [5.41, 5.74) is -15.5. The van der Waals surface area contributed by atoms with Crippen molar-refractivity contribution in [2.75, 3.05) is 6.61 Å². The highest BCUT2D eigenvalue weighted by Crippen LogP contribution is 2.58. The molecule has 0 bridgehead atoms. The minimum absolute atomic E-state index is 0.163. The van der Waals surface area contributed by atoms with Crippen LogP contribution in [-0.4, -0.2) is 77.1 Å². The summed E-state index contributed by atoms with van der Waals surface area (Å²) in [5, 5.41) is 19.1. The van der Waals surface area contributed by atoms with E-state index in [1.165, 1.54) is 0 Å². The van der Waals surface area contributed by atoms with Gasteiger partial charge < -0.3 is 19.7 Å². The molecule has 1 saturated carbocycles. The molecule has 4 atom stereocenters. The number of alkyl halides is 15. The number of ether oxygens (including phenoxy) is 2. The maximum absolute atomic E-state index is 13.3. The van der Waals surface area contributed by atoms with Crippen LogP contribution in [0.3, 0.4) is 0 Å². The van der Waals surface area contributed by atoms with Gasteiger partial charge in [0.15, 0.2) is 5.41 Å². The number of rotatable bonds is 9. The van der Waals surface area contributed by atoms with E-state index < -0.39 is 97.1 Å². The van der Waals surface area contributed by atoms with Crippen LogP contribution in [0.2, 0.25) is 0 Å². The minimum Gasteiger partial charge on any atom is -0.462 e. The molecule has 270 valence electrons. The predicted octanol–water partition coefficient (Wildman–Crippen LogP) is 8.22. The molecule has 0 radical (unpaired) electrons. The van der Waals surface area contributed by atoms with E-state index in [4.69, 9.17) is 4.74 Å². The van der Waals surface area contributed by atoms with Crippen molar-refractivity contribution >= 4 is 5.97 Å². The van der Waals surface area contributed by atoms with Crippen LogP contribution in [0.5, 0.6) is 0 Å². The first-order valence-corrected chi connectivity index (χ1v) is 13.4. The molecule has 0 saturated heterocycles. The highest BCUT2D eigenvalue weighted by Gasteiger charge is 2.78. The van der Waals surface area contributed by atoms with E-state index in [-0.39, 0.29) is 6.92 Å². The van der Waals surface area contributed by atoms with Gasteiger partial charge >= 0.3 is 36.9 Å². The maximum atomic E-state index is 13.3. The van der Waals surface area contributed by atoms with E-state index in [1.807, 2.05) is 0 Å². The molecule has 5 nitrogen and oxygen atoms in total. The second-order valence-corrected chi connectivity index (χ2v) is 10.9. The topological polar surface area (TPSA) is 76.0 Å². The molecule has 0 spiro atoms. The number of aliphatic hydroxyl groups is 2. The Kier molecular flexibility index (Phi) is 14.0. The van der Waals surface area contributed by atoms with Gasteiger partial charge in [0.25, 0.3) is 11.2 Å². The summed E-state index contributed by atoms with van der Waals surface area (Å²) in [6.45, 7) is 8.18. The van der Waals surface area contributed by atoms with Crippen LogP contribution in [0.15, 0.2) is 0 Å². The second kappa shape index (κ2) is 14.6. The Morgan fingerprint density at radius 2 is 1.04 bits per heavy atom. The van der Waals surface area contributed by atoms with Gasteiger partial charge in [-0.15, -0.1) is 0 Å². The molecule has 1 aliphatic rings. The third-order valence-electron chi connectivity index (χ3n) is 7.81. The van der Waals surface area contributed by atoms with E-state index in [9.17, 15) is 80.9 Å². The lowest BCUT2D eigenvalue weighted by Gasteiger charge is -2.48. The summed E-state index contributed by atoms with van der Waals surface area (Å²) in [7, 11) is 0. The van der Waals surface area contributed by atoms with Crippen LogP contribution >= 0.6 is 0 Å². The van der Waals surface area contributed by atoms with E-state index in [1.54, 1.807) is 0 Å². The van der Waals surface area contributed by atoms with Gasteiger partial charge in [-0.1, -0.05) is 20.8 Å². The number of hydrogen-bond acceptors (Lipinski definition) is 5. The van der Waals surface area contributed by atoms with Gasteiger partial charge in [-0.2, -0.15) is 65.9 Å². The Labute approximate surface area is 248 Å². The van der Waals surface area contributed by atoms with Crippen molar-refractivity contribution in [2.24, 2.45) is 17.3 Å². The van der Waals surface area contributed by atoms with Crippen molar-refractivity contribution in [3.63, 3.8) is 0 Å². The molecule has 0 aliphatic heterocycles. The first-order valence-electron chi connectivity index (χ1n) is 13.4. The molecular weight excluding hydrogens is 665 g/mol. The van der Waals surface area contributed by atoms with Crippen LogP contribution in [0.25, 0.3) is 0 Å². The lowest BCUT2D eigenvalue weighted by Crippen LogP contribution is -2.67. The fourth-order valence-corrected chi connectivity index (χ4v) is 4.47. The van der Waals surface area contributed by atoms with Crippen LogP contribution in [0.1, 0.15) is 73.1 Å². The second-order valence-electron chi connectivity index (χ2n) is 10.9. The average molecular weight is 701 g/mol. The molecule has 0 aromatic heterocycles. The van der Waals surface area contributed by atoms with Crippen LogP contribution < -0.4 is 0 Å². The lowest BCUT2D eigenvalue weighted by molar-refractivity contribution is -0.405. The molecule has 0 heterocycles. The van der Waals surface area contributed by atoms with Gasteiger partial charge in [0.1, 0.15) is 6.10 Å². The van der Waals surface area contributed by atoms with Crippen molar-refractivity contribution in [3.05, 3.63) is 0 Å². The number of esters is 1. The summed E-state index contributed by atoms with van der Waals surface area (Å²) in [4.78, 5) is 12.2. The molecule has 0 aromatic rings. The molecular formula is C25H35F15O5. The van der Waals surface area contributed by atoms with Crippen LogP contribution in [0.4, 0.5) is 65.9 Å². The Hall–Kier alpha value is -1.70. The maximum Gasteiger partial charge on any atom is 0.426 e. The zero-order chi connectivity index (χ0) is 36.3. The molecule has 20 heteroatoms. The molecule has 0 amide bonds. The first-order chi connectivity index (χ1) is 19.8. The number of halogens is 15. The highest BCUT2D eigenvalue weighted by atomic mass is 19.4. The van der Waals surface area contributed by atoms with Crippen molar-refractivity contribution < 1.29 is 90.3 Å². The quantitative estimate of drug-likeness (QED) is 0.187. The first kappa shape index (κ1) is 43.3. The minimum atomic E-state index is -6.77. The largest absolute Gasteiger partial charge is 0.462 e. The van der Waals surface area contributed by atoms with E-state index in [2.05, 4.69) is 25.5 Å². The fraction of sp³-hybridized carbons (Fsp3) is 0.960. The summed E-state index contributed by atoms with van der Waals surface area (Å²) < 4.78 is 209. The van der Waals surface area contributed by atoms with Gasteiger partial charge in [0.05, 0.1) is 6.10 Å². The summed E-state index contributed by atoms with van der Waals surface area (Å²) in [5.74, 6) is -9.75. The highest BCUT2D eigenvalue weighted by molar-refractivity contribution is 5.77. The zero-order valence-electron chi connectivity index (χ0n) is 24.5. The van der Waals surface area contributed by atoms with Crippen molar-refractivity contribution in [2.45, 2.75) is 127 Å². The van der Waals surface area contributed by atoms with E-state index in [0.717, 1.165) is 26.4 Å². The Morgan fingerprint density at radius 3 is 1.29 bits per heavy atom. The standard InChI is InChI=1S/C18H19F15O4.C7H16O/c1-3-11(2,14(19,20)21)10(34)37-9-5-7(12(35,15(22,23)24)16(25,26)27)4-8(6-9)13(36,17(28,29)30)18(31,32)33;1-4-6-8-7(3)5-2/h7-9,35-36H,3-6H2,1-2H3;7H,4-6H2,1-3H3. The smallest absolute Gasteiger partial charge is 0.426 e. The molecule has 2 N–H and O–H groups in total. The van der Waals surface area contributed by atoms with Gasteiger partial charge in [-0.25, -0.2) is 0 Å². The zero-order valence-corrected chi connectivity index (χ0v) is 24.5. The molecule has 1 fully saturated rings. The monoisotopic (exact) mass is 700 g/mol. The van der Waals surface area contributed by atoms with Gasteiger partial charge in [0, 0.05) is 18.4 Å². The number of carbonyl (C=O) groups excluding carboxylic acids is 1. The molecule has 0 aromatic carbocycles. The van der Waals surface area contributed by atoms with Gasteiger partial charge in [-0.3, -0.25) is 4.79 Å². The predicted molar refractivity (Wildman–Crippen MR) is 125 cm³/mol. The van der Waals surface area contributed by atoms with Gasteiger partial charge in [-0.05, 0) is 52.4 Å². The molecule has 4 unspecified atom stereocenters. The van der Waals surface area contributed by atoms with Crippen LogP contribution in [0, 0.1) is 17.3 Å². The van der Waals surface area contributed by atoms with Crippen LogP contribution in [-0.2, 0) is 14.3 Å². The number of carbonyl (C=O) groups is 1. The number of hydrogen-bond donors (Lipinski definition) is 2. The summed E-state index contributed by atoms with van der Waals surface area (Å²) in [6.07, 6.45) is -40.2. The molecule has 1 aliphatic carbocycles. The van der Waals surface area contributed by atoms with Crippen molar-refractivity contribution in [3.8, 4) is 0 Å². The third-order valence-corrected chi connectivity index (χ3v) is 7.81. The van der Waals surface area contributed by atoms with Crippen molar-refractivity contribution in [1.29, 1.82) is 0 Å². The average Bonchev–Trinajstić information content (AvgIpc) is 2.86. The Balaban J connectivity index is 0.00000212. The van der Waals surface area contributed by atoms with Crippen molar-refractivity contribution in [1.82, 2.24) is 0 Å². The lowest BCUT2D eigenvalue weighted by atomic mass is 9.65. The van der Waals surface area contributed by atoms with Gasteiger partial charge in [0.2, 0.25) is 0 Å². The normalized spacial score (nSPS) is 23.0. The third kappa shape index (κ3) is 9.22. The Bertz CT molecular complexity index is 866. The summed E-state index contributed by atoms with van der Waals surface area (Å²) in [6, 6.07) is 0. The fourth-order valence-electron chi connectivity index (χ4n) is 4.47. The van der Waals surface area contributed by atoms with E-state index >= 15 is 0 Å². The molecule has 1 rings (SSSR count). The SMILES string of the molecule is CCC(C)(C(=O)OC1CC(C(O)(C(F)(F)F)C(F)(F)F)CC(C(O)(C(F)(F)F)C(F)(F)F)C1)C(F)(F)F.CCCOC(C)CC.